The second-order valence-corrected chi connectivity index (χ2v) is 5.48. The number of aromatic nitrogens is 1. The Morgan fingerprint density at radius 1 is 1.45 bits per heavy atom. The van der Waals surface area contributed by atoms with E-state index in [1.165, 1.54) is 16.2 Å². The summed E-state index contributed by atoms with van der Waals surface area (Å²) in [6.07, 6.45) is 1.83. The van der Waals surface area contributed by atoms with Crippen LogP contribution >= 0.6 is 11.3 Å². The third-order valence-corrected chi connectivity index (χ3v) is 4.18. The predicted molar refractivity (Wildman–Crippen MR) is 78.0 cm³/mol. The molecule has 5 nitrogen and oxygen atoms in total. The molecule has 3 rings (SSSR count). The molecule has 1 aliphatic rings. The molecule has 0 radical (unpaired) electrons. The van der Waals surface area contributed by atoms with Gasteiger partial charge in [-0.2, -0.15) is 0 Å². The molecule has 0 aliphatic carbocycles. The van der Waals surface area contributed by atoms with Gasteiger partial charge in [0.25, 0.3) is 0 Å². The fourth-order valence-electron chi connectivity index (χ4n) is 2.34. The maximum Gasteiger partial charge on any atom is 0.236 e. The molecule has 0 fully saturated rings. The Kier molecular flexibility index (Phi) is 3.23. The van der Waals surface area contributed by atoms with Crippen LogP contribution in [0.3, 0.4) is 0 Å². The summed E-state index contributed by atoms with van der Waals surface area (Å²) in [5.74, 6) is -0.689. The van der Waals surface area contributed by atoms with Crippen LogP contribution in [0.5, 0.6) is 0 Å². The highest BCUT2D eigenvalue weighted by atomic mass is 32.1. The van der Waals surface area contributed by atoms with Crippen molar-refractivity contribution in [3.63, 3.8) is 0 Å². The first-order chi connectivity index (χ1) is 9.66. The van der Waals surface area contributed by atoms with Gasteiger partial charge in [0.15, 0.2) is 5.13 Å². The summed E-state index contributed by atoms with van der Waals surface area (Å²) in [6.45, 7) is 0. The van der Waals surface area contributed by atoms with E-state index < -0.39 is 5.92 Å². The first kappa shape index (κ1) is 12.8. The number of benzene rings is 1. The summed E-state index contributed by atoms with van der Waals surface area (Å²) in [5, 5.41) is 5.25. The largest absolute Gasteiger partial charge is 0.326 e. The summed E-state index contributed by atoms with van der Waals surface area (Å²) in [5.41, 5.74) is 1.58. The number of amides is 2. The van der Waals surface area contributed by atoms with E-state index in [9.17, 15) is 9.59 Å². The average molecular weight is 287 g/mol. The van der Waals surface area contributed by atoms with Crippen molar-refractivity contribution in [2.24, 2.45) is 0 Å². The molecule has 1 atom stereocenters. The van der Waals surface area contributed by atoms with Crippen LogP contribution in [0.4, 0.5) is 10.8 Å². The van der Waals surface area contributed by atoms with Gasteiger partial charge in [-0.15, -0.1) is 11.3 Å². The monoisotopic (exact) mass is 287 g/mol. The van der Waals surface area contributed by atoms with Crippen LogP contribution in [-0.2, 0) is 9.59 Å². The number of para-hydroxylation sites is 1. The van der Waals surface area contributed by atoms with Crippen LogP contribution in [0, 0.1) is 0 Å². The zero-order chi connectivity index (χ0) is 14.1. The molecule has 20 heavy (non-hydrogen) atoms. The van der Waals surface area contributed by atoms with Crippen molar-refractivity contribution in [1.29, 1.82) is 0 Å². The Hall–Kier alpha value is -2.21. The van der Waals surface area contributed by atoms with E-state index >= 15 is 0 Å². The minimum atomic E-state index is -0.450. The lowest BCUT2D eigenvalue weighted by Crippen LogP contribution is -2.36. The van der Waals surface area contributed by atoms with Crippen molar-refractivity contribution < 1.29 is 9.59 Å². The zero-order valence-corrected chi connectivity index (χ0v) is 11.7. The highest BCUT2D eigenvalue weighted by Crippen LogP contribution is 2.34. The first-order valence-corrected chi connectivity index (χ1v) is 7.10. The molecule has 0 spiro atoms. The van der Waals surface area contributed by atoms with E-state index in [0.29, 0.717) is 5.13 Å². The highest BCUT2D eigenvalue weighted by Gasteiger charge is 2.33. The van der Waals surface area contributed by atoms with Crippen molar-refractivity contribution in [3.05, 3.63) is 41.4 Å². The molecule has 1 aromatic carbocycles. The Morgan fingerprint density at radius 2 is 2.25 bits per heavy atom. The van der Waals surface area contributed by atoms with E-state index in [-0.39, 0.29) is 18.2 Å². The molecule has 0 saturated carbocycles. The van der Waals surface area contributed by atoms with E-state index in [1.54, 1.807) is 13.2 Å². The summed E-state index contributed by atoms with van der Waals surface area (Å²) in [6, 6.07) is 7.42. The zero-order valence-electron chi connectivity index (χ0n) is 10.9. The van der Waals surface area contributed by atoms with Gasteiger partial charge in [0.2, 0.25) is 11.8 Å². The number of anilines is 2. The number of rotatable bonds is 2. The van der Waals surface area contributed by atoms with Gasteiger partial charge >= 0.3 is 0 Å². The number of nitrogens with one attached hydrogen (secondary N) is 1. The number of fused-ring (bicyclic) bond motifs is 1. The lowest BCUT2D eigenvalue weighted by atomic mass is 9.89. The SMILES string of the molecule is CN(C(=O)[C@@H]1CC(=O)Nc2ccccc21)c1nccs1. The van der Waals surface area contributed by atoms with Crippen LogP contribution in [0.15, 0.2) is 35.8 Å². The van der Waals surface area contributed by atoms with Crippen molar-refractivity contribution >= 4 is 34.0 Å². The number of carbonyl (C=O) groups excluding carboxylic acids is 2. The summed E-state index contributed by atoms with van der Waals surface area (Å²) < 4.78 is 0. The van der Waals surface area contributed by atoms with Gasteiger partial charge in [-0.1, -0.05) is 18.2 Å². The van der Waals surface area contributed by atoms with Gasteiger partial charge < -0.3 is 5.32 Å². The first-order valence-electron chi connectivity index (χ1n) is 6.22. The third-order valence-electron chi connectivity index (χ3n) is 3.33. The van der Waals surface area contributed by atoms with Gasteiger partial charge in [0.05, 0.1) is 5.92 Å². The highest BCUT2D eigenvalue weighted by molar-refractivity contribution is 7.13. The lowest BCUT2D eigenvalue weighted by molar-refractivity contribution is -0.124. The normalized spacial score (nSPS) is 17.2. The van der Waals surface area contributed by atoms with E-state index in [2.05, 4.69) is 10.3 Å². The molecule has 2 amide bonds. The summed E-state index contributed by atoms with van der Waals surface area (Å²) in [4.78, 5) is 30.0. The average Bonchev–Trinajstić information content (AvgIpc) is 2.99. The fraction of sp³-hybridized carbons (Fsp3) is 0.214. The van der Waals surface area contributed by atoms with Crippen LogP contribution in [0.1, 0.15) is 17.9 Å². The molecule has 0 unspecified atom stereocenters. The number of likely N-dealkylation sites (N-methyl/N-ethyl adjacent to an activating group) is 1. The van der Waals surface area contributed by atoms with Gasteiger partial charge in [0.1, 0.15) is 0 Å². The quantitative estimate of drug-likeness (QED) is 0.921. The van der Waals surface area contributed by atoms with Crippen LogP contribution in [0.25, 0.3) is 0 Å². The van der Waals surface area contributed by atoms with Crippen LogP contribution in [-0.4, -0.2) is 23.8 Å². The van der Waals surface area contributed by atoms with Crippen molar-refractivity contribution in [1.82, 2.24) is 4.98 Å². The topological polar surface area (TPSA) is 62.3 Å². The molecule has 102 valence electrons. The second-order valence-electron chi connectivity index (χ2n) is 4.60. The maximum atomic E-state index is 12.6. The second kappa shape index (κ2) is 5.05. The maximum absolute atomic E-state index is 12.6. The number of thiazole rings is 1. The minimum absolute atomic E-state index is 0.109. The van der Waals surface area contributed by atoms with Crippen LogP contribution < -0.4 is 10.2 Å². The number of carbonyl (C=O) groups is 2. The molecule has 2 aromatic rings. The lowest BCUT2D eigenvalue weighted by Gasteiger charge is -2.27. The van der Waals surface area contributed by atoms with E-state index in [1.807, 2.05) is 29.6 Å². The standard InChI is InChI=1S/C14H13N3O2S/c1-17(14-15-6-7-20-14)13(19)10-8-12(18)16-11-5-3-2-4-9(10)11/h2-7,10H,8H2,1H3,(H,16,18)/t10-/m1/s1. The fourth-order valence-corrected chi connectivity index (χ4v) is 2.95. The van der Waals surface area contributed by atoms with Crippen LogP contribution in [0.2, 0.25) is 0 Å². The smallest absolute Gasteiger partial charge is 0.236 e. The molecule has 0 saturated heterocycles. The summed E-state index contributed by atoms with van der Waals surface area (Å²) in [7, 11) is 1.69. The third kappa shape index (κ3) is 2.18. The van der Waals surface area contributed by atoms with Gasteiger partial charge in [0, 0.05) is 30.7 Å². The van der Waals surface area contributed by atoms with Crippen molar-refractivity contribution in [2.45, 2.75) is 12.3 Å². The molecular formula is C14H13N3O2S. The Balaban J connectivity index is 1.94. The molecular weight excluding hydrogens is 274 g/mol. The Morgan fingerprint density at radius 3 is 3.00 bits per heavy atom. The molecule has 1 aromatic heterocycles. The molecule has 1 N–H and O–H groups in total. The number of hydrogen-bond acceptors (Lipinski definition) is 4. The van der Waals surface area contributed by atoms with Gasteiger partial charge in [-0.25, -0.2) is 4.98 Å². The van der Waals surface area contributed by atoms with Crippen molar-refractivity contribution in [3.8, 4) is 0 Å². The van der Waals surface area contributed by atoms with Gasteiger partial charge in [-0.05, 0) is 11.6 Å². The Labute approximate surface area is 120 Å². The molecule has 6 heteroatoms. The molecule has 0 bridgehead atoms. The predicted octanol–water partition coefficient (Wildman–Crippen LogP) is 2.23. The molecule has 2 heterocycles. The minimum Gasteiger partial charge on any atom is -0.326 e. The number of hydrogen-bond donors (Lipinski definition) is 1. The molecule has 1 aliphatic heterocycles. The van der Waals surface area contributed by atoms with E-state index in [4.69, 9.17) is 0 Å². The Bertz CT molecular complexity index is 654. The summed E-state index contributed by atoms with van der Waals surface area (Å²) >= 11 is 1.40. The van der Waals surface area contributed by atoms with Crippen molar-refractivity contribution in [2.75, 3.05) is 17.3 Å². The number of nitrogens with zero attached hydrogens (tertiary/aromatic N) is 2. The van der Waals surface area contributed by atoms with Gasteiger partial charge in [-0.3, -0.25) is 14.5 Å². The van der Waals surface area contributed by atoms with E-state index in [0.717, 1.165) is 11.3 Å².